The van der Waals surface area contributed by atoms with Crippen molar-refractivity contribution in [2.75, 3.05) is 32.6 Å². The van der Waals surface area contributed by atoms with E-state index in [9.17, 15) is 8.42 Å². The monoisotopic (exact) mass is 569 g/mol. The van der Waals surface area contributed by atoms with Crippen LogP contribution in [0.15, 0.2) is 23.2 Å². The van der Waals surface area contributed by atoms with Gasteiger partial charge in [0.1, 0.15) is 0 Å². The summed E-state index contributed by atoms with van der Waals surface area (Å²) in [6.45, 7) is 12.8. The Morgan fingerprint density at radius 3 is 2.19 bits per heavy atom. The Hall–Kier alpha value is -1.23. The van der Waals surface area contributed by atoms with Crippen molar-refractivity contribution < 1.29 is 17.9 Å². The molecule has 1 atom stereocenters. The summed E-state index contributed by atoms with van der Waals surface area (Å²) >= 11 is 0. The molecule has 0 spiro atoms. The molecule has 0 fully saturated rings. The molecule has 1 aromatic carbocycles. The van der Waals surface area contributed by atoms with Crippen LogP contribution in [-0.4, -0.2) is 51.7 Å². The maximum Gasteiger partial charge on any atom is 0.191 e. The van der Waals surface area contributed by atoms with Gasteiger partial charge >= 0.3 is 0 Å². The Balaban J connectivity index is 0.00000900. The summed E-state index contributed by atoms with van der Waals surface area (Å²) < 4.78 is 35.4. The van der Waals surface area contributed by atoms with E-state index < -0.39 is 14.6 Å². The van der Waals surface area contributed by atoms with Crippen molar-refractivity contribution >= 4 is 39.8 Å². The van der Waals surface area contributed by atoms with Crippen LogP contribution in [0, 0.1) is 0 Å². The van der Waals surface area contributed by atoms with Crippen LogP contribution in [0.3, 0.4) is 0 Å². The lowest BCUT2D eigenvalue weighted by atomic mass is 10.1. The number of hydrogen-bond acceptors (Lipinski definition) is 5. The standard InChI is InChI=1S/C22H39N3O4S.HI/c1-8-13-28-19-11-10-18(16-20(19)29-14-9-2)17(3)25-21(23-7)24-12-15-30(26,27)22(4,5)6;/h10-11,16-17H,8-9,12-15H2,1-7H3,(H2,23,24,25);1H. The van der Waals surface area contributed by atoms with Gasteiger partial charge in [-0.2, -0.15) is 0 Å². The first-order chi connectivity index (χ1) is 14.1. The van der Waals surface area contributed by atoms with Gasteiger partial charge in [0.15, 0.2) is 27.3 Å². The molecule has 0 saturated carbocycles. The average Bonchev–Trinajstić information content (AvgIpc) is 2.69. The van der Waals surface area contributed by atoms with Crippen LogP contribution in [0.25, 0.3) is 0 Å². The fraction of sp³-hybridized carbons (Fsp3) is 0.682. The van der Waals surface area contributed by atoms with Gasteiger partial charge in [0.05, 0.1) is 29.8 Å². The van der Waals surface area contributed by atoms with Gasteiger partial charge in [0.25, 0.3) is 0 Å². The molecule has 7 nitrogen and oxygen atoms in total. The van der Waals surface area contributed by atoms with Gasteiger partial charge in [-0.25, -0.2) is 8.42 Å². The third-order valence-corrected chi connectivity index (χ3v) is 7.17. The van der Waals surface area contributed by atoms with Crippen LogP contribution >= 0.6 is 24.0 Å². The summed E-state index contributed by atoms with van der Waals surface area (Å²) in [5, 5.41) is 6.39. The summed E-state index contributed by atoms with van der Waals surface area (Å²) in [5.41, 5.74) is 1.02. The molecular formula is C22H40IN3O4S. The molecule has 0 saturated heterocycles. The van der Waals surface area contributed by atoms with E-state index in [4.69, 9.17) is 9.47 Å². The second-order valence-corrected chi connectivity index (χ2v) is 11.1. The van der Waals surface area contributed by atoms with Gasteiger partial charge in [-0.1, -0.05) is 19.9 Å². The number of hydrogen-bond donors (Lipinski definition) is 2. The molecule has 0 aromatic heterocycles. The van der Waals surface area contributed by atoms with Crippen molar-refractivity contribution in [2.24, 2.45) is 4.99 Å². The number of guanidine groups is 1. The number of nitrogens with one attached hydrogen (secondary N) is 2. The maximum atomic E-state index is 12.3. The molecule has 2 N–H and O–H groups in total. The van der Waals surface area contributed by atoms with Crippen molar-refractivity contribution in [3.63, 3.8) is 0 Å². The highest BCUT2D eigenvalue weighted by molar-refractivity contribution is 14.0. The van der Waals surface area contributed by atoms with Crippen LogP contribution in [-0.2, 0) is 9.84 Å². The minimum atomic E-state index is -3.19. The van der Waals surface area contributed by atoms with E-state index in [1.165, 1.54) is 0 Å². The van der Waals surface area contributed by atoms with Gasteiger partial charge in [-0.05, 0) is 58.2 Å². The summed E-state index contributed by atoms with van der Waals surface area (Å²) in [7, 11) is -1.52. The Morgan fingerprint density at radius 1 is 1.10 bits per heavy atom. The molecule has 9 heteroatoms. The molecule has 0 heterocycles. The highest BCUT2D eigenvalue weighted by atomic mass is 127. The van der Waals surface area contributed by atoms with E-state index in [2.05, 4.69) is 29.5 Å². The number of halogens is 1. The fourth-order valence-electron chi connectivity index (χ4n) is 2.54. The van der Waals surface area contributed by atoms with E-state index in [0.717, 1.165) is 29.9 Å². The highest BCUT2D eigenvalue weighted by Gasteiger charge is 2.28. The lowest BCUT2D eigenvalue weighted by Crippen LogP contribution is -2.42. The molecule has 0 bridgehead atoms. The summed E-state index contributed by atoms with van der Waals surface area (Å²) in [4.78, 5) is 4.21. The number of rotatable bonds is 11. The number of sulfone groups is 1. The molecule has 0 aliphatic rings. The Morgan fingerprint density at radius 2 is 1.68 bits per heavy atom. The van der Waals surface area contributed by atoms with Crippen LogP contribution < -0.4 is 20.1 Å². The third kappa shape index (κ3) is 9.84. The van der Waals surface area contributed by atoms with E-state index in [-0.39, 0.29) is 35.8 Å². The Kier molecular flexibility index (Phi) is 13.5. The predicted molar refractivity (Wildman–Crippen MR) is 140 cm³/mol. The predicted octanol–water partition coefficient (Wildman–Crippen LogP) is 4.32. The Labute approximate surface area is 205 Å². The summed E-state index contributed by atoms with van der Waals surface area (Å²) in [6.07, 6.45) is 1.85. The molecule has 1 aromatic rings. The first-order valence-electron chi connectivity index (χ1n) is 10.6. The molecule has 180 valence electrons. The molecule has 31 heavy (non-hydrogen) atoms. The summed E-state index contributed by atoms with van der Waals surface area (Å²) in [5.74, 6) is 2.07. The quantitative estimate of drug-likeness (QED) is 0.235. The number of ether oxygens (including phenoxy) is 2. The lowest BCUT2D eigenvalue weighted by molar-refractivity contribution is 0.268. The van der Waals surface area contributed by atoms with E-state index in [1.54, 1.807) is 27.8 Å². The van der Waals surface area contributed by atoms with Crippen LogP contribution in [0.2, 0.25) is 0 Å². The van der Waals surface area contributed by atoms with Crippen LogP contribution in [0.1, 0.15) is 66.0 Å². The largest absolute Gasteiger partial charge is 0.490 e. The normalized spacial score (nSPS) is 13.2. The third-order valence-electron chi connectivity index (χ3n) is 4.56. The molecule has 1 unspecified atom stereocenters. The van der Waals surface area contributed by atoms with Crippen molar-refractivity contribution in [2.45, 2.75) is 65.2 Å². The fourth-order valence-corrected chi connectivity index (χ4v) is 3.53. The topological polar surface area (TPSA) is 89.0 Å². The van der Waals surface area contributed by atoms with Crippen LogP contribution in [0.5, 0.6) is 11.5 Å². The average molecular weight is 570 g/mol. The first kappa shape index (κ1) is 29.8. The van der Waals surface area contributed by atoms with Crippen molar-refractivity contribution in [3.8, 4) is 11.5 Å². The van der Waals surface area contributed by atoms with Gasteiger partial charge in [-0.3, -0.25) is 4.99 Å². The minimum Gasteiger partial charge on any atom is -0.490 e. The van der Waals surface area contributed by atoms with Gasteiger partial charge in [-0.15, -0.1) is 24.0 Å². The summed E-state index contributed by atoms with van der Waals surface area (Å²) in [6, 6.07) is 5.86. The van der Waals surface area contributed by atoms with Gasteiger partial charge < -0.3 is 20.1 Å². The Bertz CT molecular complexity index is 792. The van der Waals surface area contributed by atoms with Gasteiger partial charge in [0, 0.05) is 13.6 Å². The molecule has 0 aliphatic carbocycles. The zero-order valence-electron chi connectivity index (χ0n) is 19.9. The minimum absolute atomic E-state index is 0. The maximum absolute atomic E-state index is 12.3. The van der Waals surface area contributed by atoms with Crippen molar-refractivity contribution in [3.05, 3.63) is 23.8 Å². The number of benzene rings is 1. The van der Waals surface area contributed by atoms with Crippen molar-refractivity contribution in [1.82, 2.24) is 10.6 Å². The van der Waals surface area contributed by atoms with Crippen LogP contribution in [0.4, 0.5) is 0 Å². The smallest absolute Gasteiger partial charge is 0.191 e. The molecular weight excluding hydrogens is 529 g/mol. The second kappa shape index (κ2) is 14.0. The van der Waals surface area contributed by atoms with Gasteiger partial charge in [0.2, 0.25) is 0 Å². The number of nitrogens with zero attached hydrogens (tertiary/aromatic N) is 1. The highest BCUT2D eigenvalue weighted by Crippen LogP contribution is 2.31. The molecule has 0 aliphatic heterocycles. The zero-order chi connectivity index (χ0) is 22.8. The van der Waals surface area contributed by atoms with E-state index >= 15 is 0 Å². The second-order valence-electron chi connectivity index (χ2n) is 8.20. The van der Waals surface area contributed by atoms with Crippen molar-refractivity contribution in [1.29, 1.82) is 0 Å². The molecule has 0 radical (unpaired) electrons. The first-order valence-corrected chi connectivity index (χ1v) is 12.3. The number of aliphatic imine (C=N–C) groups is 1. The zero-order valence-corrected chi connectivity index (χ0v) is 23.1. The molecule has 0 amide bonds. The molecule has 1 rings (SSSR count). The SMILES string of the molecule is CCCOc1ccc(C(C)NC(=NC)NCCS(=O)(=O)C(C)(C)C)cc1OCCC.I. The van der Waals surface area contributed by atoms with E-state index in [0.29, 0.717) is 25.7 Å². The van der Waals surface area contributed by atoms with E-state index in [1.807, 2.05) is 25.1 Å². The lowest BCUT2D eigenvalue weighted by Gasteiger charge is -2.22.